The van der Waals surface area contributed by atoms with Crippen LogP contribution in [0.5, 0.6) is 0 Å². The minimum atomic E-state index is -0.0117. The van der Waals surface area contributed by atoms with Crippen molar-refractivity contribution in [3.63, 3.8) is 0 Å². The minimum absolute atomic E-state index is 0.0117. The van der Waals surface area contributed by atoms with Crippen LogP contribution in [-0.4, -0.2) is 82.6 Å². The minimum Gasteiger partial charge on any atom is -0.341 e. The average Bonchev–Trinajstić information content (AvgIpc) is 3.00. The van der Waals surface area contributed by atoms with Crippen LogP contribution in [0.4, 0.5) is 0 Å². The van der Waals surface area contributed by atoms with E-state index in [2.05, 4.69) is 17.0 Å². The molecule has 1 aromatic heterocycles. The summed E-state index contributed by atoms with van der Waals surface area (Å²) in [7, 11) is 2.08. The number of carbonyl (C=O) groups excluding carboxylic acids is 2. The molecule has 0 spiro atoms. The van der Waals surface area contributed by atoms with Gasteiger partial charge in [0.2, 0.25) is 11.8 Å². The van der Waals surface area contributed by atoms with Crippen LogP contribution in [-0.2, 0) is 9.59 Å². The van der Waals surface area contributed by atoms with Crippen molar-refractivity contribution in [2.75, 3.05) is 46.3 Å². The molecule has 2 fully saturated rings. The van der Waals surface area contributed by atoms with Crippen molar-refractivity contribution in [2.24, 2.45) is 5.92 Å². The van der Waals surface area contributed by atoms with Crippen LogP contribution in [0.2, 0.25) is 0 Å². The van der Waals surface area contributed by atoms with Crippen molar-refractivity contribution in [3.8, 4) is 0 Å². The zero-order chi connectivity index (χ0) is 16.4. The third-order valence-corrected chi connectivity index (χ3v) is 4.84. The molecule has 0 bridgehead atoms. The molecule has 126 valence electrons. The van der Waals surface area contributed by atoms with Crippen LogP contribution in [0, 0.1) is 5.92 Å². The predicted octanol–water partition coefficient (Wildman–Crippen LogP) is 0.0666. The fraction of sp³-hybridized carbons (Fsp3) is 0.688. The predicted molar refractivity (Wildman–Crippen MR) is 85.7 cm³/mol. The highest BCUT2D eigenvalue weighted by Gasteiger charge is 2.38. The number of nitrogens with zero attached hydrogens (tertiary/aromatic N) is 5. The zero-order valence-corrected chi connectivity index (χ0v) is 13.9. The second-order valence-corrected chi connectivity index (χ2v) is 6.66. The van der Waals surface area contributed by atoms with Crippen molar-refractivity contribution in [1.82, 2.24) is 24.5 Å². The molecule has 2 amide bonds. The van der Waals surface area contributed by atoms with Gasteiger partial charge in [0.15, 0.2) is 0 Å². The van der Waals surface area contributed by atoms with E-state index in [-0.39, 0.29) is 23.8 Å². The van der Waals surface area contributed by atoms with Crippen molar-refractivity contribution < 1.29 is 9.59 Å². The SMILES string of the molecule is C[C@@H](CC(=O)N1CC(C(=O)N2CCN(C)CC2)C1)n1cccn1. The lowest BCUT2D eigenvalue weighted by Gasteiger charge is -2.42. The Balaban J connectivity index is 1.43. The van der Waals surface area contributed by atoms with Crippen LogP contribution in [0.1, 0.15) is 19.4 Å². The first-order valence-corrected chi connectivity index (χ1v) is 8.29. The molecule has 2 aliphatic rings. The van der Waals surface area contributed by atoms with E-state index in [1.54, 1.807) is 15.8 Å². The summed E-state index contributed by atoms with van der Waals surface area (Å²) in [5.74, 6) is 0.306. The fourth-order valence-electron chi connectivity index (χ4n) is 3.14. The van der Waals surface area contributed by atoms with Crippen molar-refractivity contribution >= 4 is 11.8 Å². The molecular formula is C16H25N5O2. The number of likely N-dealkylation sites (tertiary alicyclic amines) is 1. The van der Waals surface area contributed by atoms with Crippen LogP contribution < -0.4 is 0 Å². The first kappa shape index (κ1) is 16.0. The summed E-state index contributed by atoms with van der Waals surface area (Å²) in [6, 6.07) is 1.90. The molecule has 2 saturated heterocycles. The summed E-state index contributed by atoms with van der Waals surface area (Å²) in [6.07, 6.45) is 4.01. The van der Waals surface area contributed by atoms with Gasteiger partial charge >= 0.3 is 0 Å². The maximum atomic E-state index is 12.4. The first-order chi connectivity index (χ1) is 11.0. The third-order valence-electron chi connectivity index (χ3n) is 4.84. The van der Waals surface area contributed by atoms with E-state index in [1.807, 2.05) is 24.1 Å². The van der Waals surface area contributed by atoms with E-state index in [0.29, 0.717) is 19.5 Å². The summed E-state index contributed by atoms with van der Waals surface area (Å²) < 4.78 is 1.80. The van der Waals surface area contributed by atoms with Gasteiger partial charge in [0, 0.05) is 58.1 Å². The molecule has 3 heterocycles. The van der Waals surface area contributed by atoms with Gasteiger partial charge < -0.3 is 14.7 Å². The second kappa shape index (κ2) is 6.70. The Kier molecular flexibility index (Phi) is 4.66. The van der Waals surface area contributed by atoms with Gasteiger partial charge in [-0.25, -0.2) is 0 Å². The highest BCUT2D eigenvalue weighted by atomic mass is 16.2. The maximum Gasteiger partial charge on any atom is 0.229 e. The number of rotatable bonds is 4. The zero-order valence-electron chi connectivity index (χ0n) is 13.9. The van der Waals surface area contributed by atoms with Gasteiger partial charge in [-0.2, -0.15) is 5.10 Å². The fourth-order valence-corrected chi connectivity index (χ4v) is 3.14. The highest BCUT2D eigenvalue weighted by Crippen LogP contribution is 2.22. The van der Waals surface area contributed by atoms with Gasteiger partial charge in [0.05, 0.1) is 12.0 Å². The van der Waals surface area contributed by atoms with Crippen LogP contribution in [0.3, 0.4) is 0 Å². The van der Waals surface area contributed by atoms with E-state index >= 15 is 0 Å². The molecule has 0 aliphatic carbocycles. The van der Waals surface area contributed by atoms with Crippen LogP contribution in [0.15, 0.2) is 18.5 Å². The van der Waals surface area contributed by atoms with Crippen LogP contribution >= 0.6 is 0 Å². The smallest absolute Gasteiger partial charge is 0.229 e. The number of hydrogen-bond acceptors (Lipinski definition) is 4. The lowest BCUT2D eigenvalue weighted by atomic mass is 9.97. The van der Waals surface area contributed by atoms with E-state index in [4.69, 9.17) is 0 Å². The average molecular weight is 319 g/mol. The Labute approximate surface area is 136 Å². The lowest BCUT2D eigenvalue weighted by Crippen LogP contribution is -2.58. The molecule has 7 nitrogen and oxygen atoms in total. The molecule has 1 atom stereocenters. The molecule has 1 aromatic rings. The quantitative estimate of drug-likeness (QED) is 0.788. The van der Waals surface area contributed by atoms with Gasteiger partial charge in [-0.1, -0.05) is 0 Å². The first-order valence-electron chi connectivity index (χ1n) is 8.29. The number of piperazine rings is 1. The molecular weight excluding hydrogens is 294 g/mol. The summed E-state index contributed by atoms with van der Waals surface area (Å²) in [4.78, 5) is 30.7. The van der Waals surface area contributed by atoms with Gasteiger partial charge in [0.25, 0.3) is 0 Å². The normalized spacial score (nSPS) is 21.1. The maximum absolute atomic E-state index is 12.4. The standard InChI is InChI=1S/C16H25N5O2/c1-13(21-5-3-4-17-21)10-15(22)20-11-14(12-20)16(23)19-8-6-18(2)7-9-19/h3-5,13-14H,6-12H2,1-2H3/t13-/m0/s1. The Morgan fingerprint density at radius 2 is 1.87 bits per heavy atom. The molecule has 3 rings (SSSR count). The van der Waals surface area contributed by atoms with E-state index in [9.17, 15) is 9.59 Å². The van der Waals surface area contributed by atoms with Crippen molar-refractivity contribution in [1.29, 1.82) is 0 Å². The Morgan fingerprint density at radius 3 is 2.48 bits per heavy atom. The van der Waals surface area contributed by atoms with E-state index < -0.39 is 0 Å². The largest absolute Gasteiger partial charge is 0.341 e. The summed E-state index contributed by atoms with van der Waals surface area (Å²) >= 11 is 0. The van der Waals surface area contributed by atoms with Gasteiger partial charge in [0.1, 0.15) is 0 Å². The van der Waals surface area contributed by atoms with Gasteiger partial charge in [-0.15, -0.1) is 0 Å². The highest BCUT2D eigenvalue weighted by molar-refractivity contribution is 5.84. The van der Waals surface area contributed by atoms with Gasteiger partial charge in [-0.05, 0) is 20.0 Å². The van der Waals surface area contributed by atoms with Crippen molar-refractivity contribution in [3.05, 3.63) is 18.5 Å². The Bertz CT molecular complexity index is 545. The monoisotopic (exact) mass is 319 g/mol. The summed E-state index contributed by atoms with van der Waals surface area (Å²) in [5.41, 5.74) is 0. The molecule has 7 heteroatoms. The van der Waals surface area contributed by atoms with E-state index in [1.165, 1.54) is 0 Å². The molecule has 0 unspecified atom stereocenters. The summed E-state index contributed by atoms with van der Waals surface area (Å²) in [5, 5.41) is 4.16. The molecule has 2 aliphatic heterocycles. The Hall–Kier alpha value is -1.89. The molecule has 0 saturated carbocycles. The summed E-state index contributed by atoms with van der Waals surface area (Å²) in [6.45, 7) is 6.58. The van der Waals surface area contributed by atoms with Crippen LogP contribution in [0.25, 0.3) is 0 Å². The molecule has 23 heavy (non-hydrogen) atoms. The molecule has 0 aromatic carbocycles. The number of likely N-dealkylation sites (N-methyl/N-ethyl adjacent to an activating group) is 1. The second-order valence-electron chi connectivity index (χ2n) is 6.66. The lowest BCUT2D eigenvalue weighted by molar-refractivity contribution is -0.149. The topological polar surface area (TPSA) is 61.7 Å². The van der Waals surface area contributed by atoms with E-state index in [0.717, 1.165) is 26.2 Å². The molecule has 0 N–H and O–H groups in total. The molecule has 0 radical (unpaired) electrons. The number of aromatic nitrogens is 2. The van der Waals surface area contributed by atoms with Crippen molar-refractivity contribution in [2.45, 2.75) is 19.4 Å². The number of hydrogen-bond donors (Lipinski definition) is 0. The van der Waals surface area contributed by atoms with Gasteiger partial charge in [-0.3, -0.25) is 14.3 Å². The Morgan fingerprint density at radius 1 is 1.17 bits per heavy atom. The number of carbonyl (C=O) groups is 2. The third kappa shape index (κ3) is 3.55. The number of amides is 2.